The Morgan fingerprint density at radius 2 is 1.17 bits per heavy atom. The van der Waals surface area contributed by atoms with Gasteiger partial charge in [-0.3, -0.25) is 9.59 Å². The van der Waals surface area contributed by atoms with Crippen LogP contribution in [-0.4, -0.2) is 105 Å². The Morgan fingerprint density at radius 1 is 0.643 bits per heavy atom. The molecule has 7 aromatic rings. The number of rotatable bonds is 9. The van der Waals surface area contributed by atoms with Gasteiger partial charge in [0.15, 0.2) is 11.6 Å². The van der Waals surface area contributed by atoms with Crippen LogP contribution in [0, 0.1) is 39.3 Å². The molecule has 2 amide bonds. The molecule has 4 saturated heterocycles. The van der Waals surface area contributed by atoms with E-state index in [-0.39, 0.29) is 48.6 Å². The Bertz CT molecular complexity index is 3440. The molecule has 70 heavy (non-hydrogen) atoms. The zero-order valence-corrected chi connectivity index (χ0v) is 41.1. The fourth-order valence-corrected chi connectivity index (χ4v) is 12.5. The molecule has 8 heterocycles. The van der Waals surface area contributed by atoms with E-state index >= 15 is 0 Å². The normalized spacial score (nSPS) is 21.4. The number of aryl methyl sites for hydroxylation is 4. The smallest absolute Gasteiger partial charge is 0.227 e. The van der Waals surface area contributed by atoms with E-state index < -0.39 is 37.7 Å². The number of amides is 2. The molecule has 4 aromatic heterocycles. The molecule has 0 unspecified atom stereocenters. The van der Waals surface area contributed by atoms with Gasteiger partial charge in [0.05, 0.1) is 70.1 Å². The molecule has 11 rings (SSSR count). The Morgan fingerprint density at radius 3 is 1.63 bits per heavy atom. The van der Waals surface area contributed by atoms with Gasteiger partial charge in [-0.05, 0) is 101 Å². The van der Waals surface area contributed by atoms with E-state index in [2.05, 4.69) is 20.2 Å². The number of sulfonamides is 2. The fourth-order valence-electron chi connectivity index (χ4n) is 10.7. The van der Waals surface area contributed by atoms with E-state index in [1.807, 2.05) is 68.7 Å². The first-order valence-electron chi connectivity index (χ1n) is 23.1. The van der Waals surface area contributed by atoms with Gasteiger partial charge in [0.2, 0.25) is 31.9 Å². The van der Waals surface area contributed by atoms with Crippen molar-refractivity contribution < 1.29 is 44.3 Å². The monoisotopic (exact) mass is 998 g/mol. The van der Waals surface area contributed by atoms with Gasteiger partial charge in [-0.1, -0.05) is 22.4 Å². The third kappa shape index (κ3) is 8.57. The number of aromatic nitrogens is 6. The van der Waals surface area contributed by atoms with Gasteiger partial charge in [0.1, 0.15) is 23.2 Å². The highest BCUT2D eigenvalue weighted by Gasteiger charge is 2.41. The zero-order chi connectivity index (χ0) is 49.6. The lowest BCUT2D eigenvalue weighted by Crippen LogP contribution is -2.31. The molecule has 1 N–H and O–H groups in total. The fraction of sp³-hybridized carbons (Fsp3) is 0.417. The van der Waals surface area contributed by atoms with Crippen LogP contribution in [-0.2, 0) is 29.6 Å². The van der Waals surface area contributed by atoms with Gasteiger partial charge in [0, 0.05) is 61.9 Å². The molecule has 0 bridgehead atoms. The molecule has 4 aliphatic heterocycles. The Hall–Kier alpha value is -6.36. The first kappa shape index (κ1) is 47.3. The molecule has 4 aliphatic rings. The zero-order valence-electron chi connectivity index (χ0n) is 39.4. The van der Waals surface area contributed by atoms with Crippen LogP contribution in [0.25, 0.3) is 44.3 Å². The molecule has 22 heteroatoms. The number of nitrogens with one attached hydrogen (secondary N) is 1. The summed E-state index contributed by atoms with van der Waals surface area (Å²) in [4.78, 5) is 36.3. The van der Waals surface area contributed by atoms with Crippen LogP contribution in [0.2, 0.25) is 0 Å². The minimum absolute atomic E-state index is 0.0178. The average Bonchev–Trinajstić information content (AvgIpc) is 4.17. The predicted molar refractivity (Wildman–Crippen MR) is 255 cm³/mol. The quantitative estimate of drug-likeness (QED) is 0.153. The summed E-state index contributed by atoms with van der Waals surface area (Å²) in [6.07, 6.45) is 5.52. The molecule has 4 atom stereocenters. The highest BCUT2D eigenvalue weighted by molar-refractivity contribution is 7.88. The van der Waals surface area contributed by atoms with Crippen molar-refractivity contribution >= 4 is 59.6 Å². The summed E-state index contributed by atoms with van der Waals surface area (Å²) in [5, 5.41) is 11.1. The van der Waals surface area contributed by atoms with Crippen LogP contribution in [0.1, 0.15) is 97.2 Å². The van der Waals surface area contributed by atoms with Gasteiger partial charge >= 0.3 is 0 Å². The SMILES string of the molecule is Cc1noc(C)c1-c1ccc2c(c1)nc([C@@H]1CCC(=O)N1)n2[C@@H]1CCN(S(C)(=O)=O)C1.Cc1noc(C)c1-c1ccc2c(c1)nc([C@@H]1CCC(=O)N1c1ccc(F)c(F)c1)n2[C@@H]1CCN(S(C)(=O)=O)C1. The summed E-state index contributed by atoms with van der Waals surface area (Å²) < 4.78 is 94.4. The predicted octanol–water partition coefficient (Wildman–Crippen LogP) is 7.13. The topological polar surface area (TPSA) is 212 Å². The summed E-state index contributed by atoms with van der Waals surface area (Å²) >= 11 is 0. The van der Waals surface area contributed by atoms with Gasteiger partial charge in [-0.25, -0.2) is 44.2 Å². The van der Waals surface area contributed by atoms with E-state index in [1.165, 1.54) is 32.1 Å². The number of anilines is 1. The molecule has 4 fully saturated rings. The number of fused-ring (bicyclic) bond motifs is 2. The van der Waals surface area contributed by atoms with Crippen molar-refractivity contribution in [3.63, 3.8) is 0 Å². The number of carbonyl (C=O) groups is 2. The lowest BCUT2D eigenvalue weighted by molar-refractivity contribution is -0.119. The number of carbonyl (C=O) groups excluding carboxylic acids is 2. The van der Waals surface area contributed by atoms with E-state index in [0.717, 1.165) is 73.9 Å². The molecule has 0 spiro atoms. The summed E-state index contributed by atoms with van der Waals surface area (Å²) in [7, 11) is -6.64. The number of nitrogens with zero attached hydrogens (tertiary/aromatic N) is 9. The van der Waals surface area contributed by atoms with Crippen LogP contribution in [0.4, 0.5) is 14.5 Å². The second-order valence-electron chi connectivity index (χ2n) is 18.7. The maximum absolute atomic E-state index is 14.2. The van der Waals surface area contributed by atoms with Gasteiger partial charge in [-0.15, -0.1) is 0 Å². The highest BCUT2D eigenvalue weighted by atomic mass is 32.2. The standard InChI is InChI=1S/C27H27F2N5O4S.C21H25N5O4S/c1-15-26(16(2)38-31-15)17-4-7-23-22(12-17)30-27(34(23)19-10-11-32(14-19)39(3,36)37)24-8-9-25(35)33(24)18-5-6-20(28)21(29)13-18;1-12-20(13(2)30-24-12)14-4-6-18-17(10-14)23-21(16-5-7-19(27)22-16)26(18)15-8-9-25(11-15)31(3,28)29/h4-7,12-13,19,24H,8-11,14H2,1-3H3;4,6,10,15-16H,5,7-9,11H2,1-3H3,(H,22,27)/t19-,24+;15-,16+/m11/s1. The van der Waals surface area contributed by atoms with Crippen molar-refractivity contribution in [2.75, 3.05) is 43.6 Å². The first-order valence-corrected chi connectivity index (χ1v) is 26.8. The van der Waals surface area contributed by atoms with Gasteiger partial charge < -0.3 is 28.4 Å². The number of halogens is 2. The second kappa shape index (κ2) is 17.8. The van der Waals surface area contributed by atoms with E-state index in [1.54, 1.807) is 0 Å². The maximum atomic E-state index is 14.2. The van der Waals surface area contributed by atoms with Crippen molar-refractivity contribution in [3.05, 3.63) is 101 Å². The van der Waals surface area contributed by atoms with E-state index in [0.29, 0.717) is 68.8 Å². The third-order valence-corrected chi connectivity index (χ3v) is 16.5. The first-order chi connectivity index (χ1) is 33.2. The van der Waals surface area contributed by atoms with E-state index in [4.69, 9.17) is 19.0 Å². The third-order valence-electron chi connectivity index (χ3n) is 14.0. The van der Waals surface area contributed by atoms with Crippen LogP contribution < -0.4 is 10.2 Å². The van der Waals surface area contributed by atoms with Gasteiger partial charge in [-0.2, -0.15) is 0 Å². The summed E-state index contributed by atoms with van der Waals surface area (Å²) in [5.74, 6) is 0.565. The van der Waals surface area contributed by atoms with Crippen LogP contribution >= 0.6 is 0 Å². The Labute approximate surface area is 402 Å². The minimum Gasteiger partial charge on any atom is -0.361 e. The number of hydrogen-bond donors (Lipinski definition) is 1. The molecule has 3 aromatic carbocycles. The molecule has 0 saturated carbocycles. The number of imidazole rings is 2. The average molecular weight is 999 g/mol. The van der Waals surface area contributed by atoms with Crippen molar-refractivity contribution in [1.29, 1.82) is 0 Å². The number of benzene rings is 3. The molecule has 0 radical (unpaired) electrons. The van der Waals surface area contributed by atoms with E-state index in [9.17, 15) is 35.2 Å². The lowest BCUT2D eigenvalue weighted by Gasteiger charge is -2.27. The summed E-state index contributed by atoms with van der Waals surface area (Å²) in [6.45, 7) is 9.03. The van der Waals surface area contributed by atoms with Crippen molar-refractivity contribution in [2.24, 2.45) is 0 Å². The maximum Gasteiger partial charge on any atom is 0.227 e. The largest absolute Gasteiger partial charge is 0.361 e. The van der Waals surface area contributed by atoms with Crippen LogP contribution in [0.5, 0.6) is 0 Å². The lowest BCUT2D eigenvalue weighted by atomic mass is 10.0. The second-order valence-corrected chi connectivity index (χ2v) is 22.7. The molecular formula is C48H52F2N10O8S2. The minimum atomic E-state index is -3.39. The van der Waals surface area contributed by atoms with Crippen molar-refractivity contribution in [3.8, 4) is 22.3 Å². The Balaban J connectivity index is 0.000000166. The Kier molecular flexibility index (Phi) is 12.0. The van der Waals surface area contributed by atoms with Crippen molar-refractivity contribution in [2.45, 2.75) is 90.4 Å². The summed E-state index contributed by atoms with van der Waals surface area (Å²) in [6, 6.07) is 14.3. The van der Waals surface area contributed by atoms with Crippen LogP contribution in [0.3, 0.4) is 0 Å². The molecule has 368 valence electrons. The van der Waals surface area contributed by atoms with Crippen molar-refractivity contribution in [1.82, 2.24) is 43.3 Å². The number of hydrogen-bond acceptors (Lipinski definition) is 12. The van der Waals surface area contributed by atoms with Crippen LogP contribution in [0.15, 0.2) is 63.6 Å². The summed E-state index contributed by atoms with van der Waals surface area (Å²) in [5.41, 5.74) is 8.71. The highest BCUT2D eigenvalue weighted by Crippen LogP contribution is 2.42. The molecular weight excluding hydrogens is 947 g/mol. The molecule has 18 nitrogen and oxygen atoms in total. The molecule has 0 aliphatic carbocycles. The van der Waals surface area contributed by atoms with Gasteiger partial charge in [0.25, 0.3) is 0 Å².